The van der Waals surface area contributed by atoms with Gasteiger partial charge in [-0.2, -0.15) is 9.97 Å². The van der Waals surface area contributed by atoms with Crippen molar-refractivity contribution in [3.8, 4) is 39.9 Å². The summed E-state index contributed by atoms with van der Waals surface area (Å²) in [7, 11) is 0. The molecule has 242 valence electrons. The van der Waals surface area contributed by atoms with Crippen LogP contribution >= 0.6 is 0 Å². The van der Waals surface area contributed by atoms with Gasteiger partial charge >= 0.3 is 0 Å². The van der Waals surface area contributed by atoms with Crippen molar-refractivity contribution in [3.05, 3.63) is 170 Å². The van der Waals surface area contributed by atoms with Gasteiger partial charge < -0.3 is 4.42 Å². The second-order valence-corrected chi connectivity index (χ2v) is 12.8. The number of nitrogens with zero attached hydrogens (tertiary/aromatic N) is 4. The molecule has 0 aliphatic heterocycles. The third kappa shape index (κ3) is 4.33. The molecule has 3 aromatic heterocycles. The summed E-state index contributed by atoms with van der Waals surface area (Å²) in [6, 6.07) is 44.7. The van der Waals surface area contributed by atoms with Gasteiger partial charge in [-0.05, 0) is 69.1 Å². The van der Waals surface area contributed by atoms with Crippen LogP contribution in [-0.4, -0.2) is 19.5 Å². The zero-order chi connectivity index (χ0) is 38.5. The molecule has 0 atom stereocenters. The number of para-hydroxylation sites is 2. The second kappa shape index (κ2) is 11.2. The Morgan fingerprint density at radius 2 is 1.10 bits per heavy atom. The number of rotatable bonds is 4. The smallest absolute Gasteiger partial charge is 0.238 e. The fraction of sp³-hybridized carbons (Fsp3) is 0. The molecule has 5 heteroatoms. The van der Waals surface area contributed by atoms with Crippen molar-refractivity contribution in [2.24, 2.45) is 0 Å². The molecule has 0 spiro atoms. The Kier molecular flexibility index (Phi) is 5.19. The summed E-state index contributed by atoms with van der Waals surface area (Å²) in [5.74, 6) is 0.495. The number of furan rings is 1. The van der Waals surface area contributed by atoms with Crippen molar-refractivity contribution in [1.82, 2.24) is 19.5 Å². The number of benzene rings is 8. The van der Waals surface area contributed by atoms with Crippen LogP contribution in [0.3, 0.4) is 0 Å². The van der Waals surface area contributed by atoms with Gasteiger partial charge in [0.25, 0.3) is 0 Å². The maximum absolute atomic E-state index is 8.84. The highest BCUT2D eigenvalue weighted by molar-refractivity contribution is 6.23. The Balaban J connectivity index is 1.19. The molecule has 0 unspecified atom stereocenters. The normalized spacial score (nSPS) is 13.2. The molecule has 52 heavy (non-hydrogen) atoms. The van der Waals surface area contributed by atoms with Crippen molar-refractivity contribution in [3.63, 3.8) is 0 Å². The maximum atomic E-state index is 8.84. The molecule has 8 aromatic carbocycles. The van der Waals surface area contributed by atoms with E-state index >= 15 is 0 Å². The predicted octanol–water partition coefficient (Wildman–Crippen LogP) is 12.2. The van der Waals surface area contributed by atoms with E-state index in [1.165, 1.54) is 0 Å². The van der Waals surface area contributed by atoms with Gasteiger partial charge in [0, 0.05) is 32.7 Å². The first kappa shape index (κ1) is 24.1. The van der Waals surface area contributed by atoms with E-state index in [1.54, 1.807) is 0 Å². The van der Waals surface area contributed by atoms with Gasteiger partial charge in [0.1, 0.15) is 11.2 Å². The molecule has 0 saturated carbocycles. The molecular weight excluding hydrogens is 637 g/mol. The van der Waals surface area contributed by atoms with E-state index in [0.717, 1.165) is 70.8 Å². The van der Waals surface area contributed by atoms with E-state index in [1.807, 2.05) is 77.4 Å². The third-order valence-corrected chi connectivity index (χ3v) is 9.94. The average molecular weight is 670 g/mol. The fourth-order valence-corrected chi connectivity index (χ4v) is 7.67. The van der Waals surface area contributed by atoms with Crippen molar-refractivity contribution < 1.29 is 11.3 Å². The van der Waals surface area contributed by atoms with E-state index < -0.39 is 30.2 Å². The molecule has 0 fully saturated rings. The van der Waals surface area contributed by atoms with Crippen molar-refractivity contribution >= 4 is 65.3 Å². The summed E-state index contributed by atoms with van der Waals surface area (Å²) in [6.45, 7) is 0. The minimum atomic E-state index is -0.487. The Morgan fingerprint density at radius 1 is 0.462 bits per heavy atom. The zero-order valence-corrected chi connectivity index (χ0v) is 27.5. The molecule has 5 nitrogen and oxygen atoms in total. The first-order valence-corrected chi connectivity index (χ1v) is 17.0. The van der Waals surface area contributed by atoms with Crippen LogP contribution in [0.4, 0.5) is 0 Å². The molecule has 11 rings (SSSR count). The lowest BCUT2D eigenvalue weighted by Crippen LogP contribution is -2.06. The largest absolute Gasteiger partial charge is 0.456 e. The van der Waals surface area contributed by atoms with E-state index in [-0.39, 0.29) is 23.2 Å². The highest BCUT2D eigenvalue weighted by Gasteiger charge is 2.20. The highest BCUT2D eigenvalue weighted by atomic mass is 16.3. The van der Waals surface area contributed by atoms with Crippen LogP contribution in [0.2, 0.25) is 0 Å². The Bertz CT molecular complexity index is 3410. The van der Waals surface area contributed by atoms with E-state index in [2.05, 4.69) is 66.7 Å². The Hall–Kier alpha value is -7.11. The molecule has 0 saturated heterocycles. The summed E-state index contributed by atoms with van der Waals surface area (Å²) in [6.07, 6.45) is 0. The van der Waals surface area contributed by atoms with Gasteiger partial charge in [0.15, 0.2) is 11.6 Å². The highest BCUT2D eigenvalue weighted by Crippen LogP contribution is 2.42. The van der Waals surface area contributed by atoms with Crippen LogP contribution in [0.15, 0.2) is 174 Å². The molecule has 0 N–H and O–H groups in total. The quantitative estimate of drug-likeness (QED) is 0.187. The standard InChI is InChI=1S/C47H28N4O/c1-2-14-30(15-3-1)45-48-46(50-47(49-45)51-40-23-10-8-19-35(40)36-20-9-11-24-41(36)51)31-25-26-42-39(27-31)44-37-21-7-6-18-34(37)38(28-43(44)52-42)33-22-12-16-29-13-4-5-17-32(29)33/h1-28H/i1D,2D,3D,14D,15D. The molecule has 11 aromatic rings. The van der Waals surface area contributed by atoms with Crippen LogP contribution in [0.25, 0.3) is 105 Å². The molecule has 3 heterocycles. The lowest BCUT2D eigenvalue weighted by molar-refractivity contribution is 0.669. The monoisotopic (exact) mass is 669 g/mol. The molecule has 0 bridgehead atoms. The van der Waals surface area contributed by atoms with Gasteiger partial charge in [-0.15, -0.1) is 0 Å². The molecule has 0 aliphatic rings. The van der Waals surface area contributed by atoms with Crippen LogP contribution in [-0.2, 0) is 0 Å². The summed E-state index contributed by atoms with van der Waals surface area (Å²) >= 11 is 0. The van der Waals surface area contributed by atoms with Gasteiger partial charge in [0.05, 0.1) is 17.9 Å². The lowest BCUT2D eigenvalue weighted by atomic mass is 9.92. The third-order valence-electron chi connectivity index (χ3n) is 9.94. The Morgan fingerprint density at radius 3 is 1.87 bits per heavy atom. The molecule has 0 aliphatic carbocycles. The first-order chi connectivity index (χ1) is 27.9. The SMILES string of the molecule is [2H]c1c([2H])c([2H])c(-c2nc(-c3ccc4oc5cc(-c6cccc7ccccc67)c6ccccc6c5c4c3)nc(-n3c4ccccc4c4ccccc43)n2)c([2H])c1[2H]. The second-order valence-electron chi connectivity index (χ2n) is 12.8. The number of hydrogen-bond acceptors (Lipinski definition) is 4. The minimum absolute atomic E-state index is 0.0313. The van der Waals surface area contributed by atoms with E-state index in [4.69, 9.17) is 26.2 Å². The summed E-state index contributed by atoms with van der Waals surface area (Å²) in [4.78, 5) is 14.8. The summed E-state index contributed by atoms with van der Waals surface area (Å²) in [5.41, 5.74) is 5.88. The van der Waals surface area contributed by atoms with Gasteiger partial charge in [0.2, 0.25) is 5.95 Å². The zero-order valence-electron chi connectivity index (χ0n) is 32.5. The van der Waals surface area contributed by atoms with Crippen molar-refractivity contribution in [2.75, 3.05) is 0 Å². The van der Waals surface area contributed by atoms with Crippen LogP contribution in [0.5, 0.6) is 0 Å². The van der Waals surface area contributed by atoms with E-state index in [9.17, 15) is 0 Å². The summed E-state index contributed by atoms with van der Waals surface area (Å²) in [5, 5.41) is 8.27. The first-order valence-electron chi connectivity index (χ1n) is 19.5. The molecule has 0 radical (unpaired) electrons. The predicted molar refractivity (Wildman–Crippen MR) is 213 cm³/mol. The summed E-state index contributed by atoms with van der Waals surface area (Å²) < 4.78 is 51.3. The average Bonchev–Trinajstić information content (AvgIpc) is 3.80. The topological polar surface area (TPSA) is 56.7 Å². The van der Waals surface area contributed by atoms with Gasteiger partial charge in [-0.3, -0.25) is 4.57 Å². The molecule has 0 amide bonds. The Labute approximate surface area is 305 Å². The van der Waals surface area contributed by atoms with Gasteiger partial charge in [-0.1, -0.05) is 133 Å². The number of hydrogen-bond donors (Lipinski definition) is 0. The fourth-order valence-electron chi connectivity index (χ4n) is 7.67. The number of fused-ring (bicyclic) bond motifs is 9. The van der Waals surface area contributed by atoms with Crippen LogP contribution in [0, 0.1) is 0 Å². The molecular formula is C47H28N4O. The van der Waals surface area contributed by atoms with E-state index in [0.29, 0.717) is 11.1 Å². The lowest BCUT2D eigenvalue weighted by Gasteiger charge is -2.12. The van der Waals surface area contributed by atoms with Gasteiger partial charge in [-0.25, -0.2) is 4.98 Å². The van der Waals surface area contributed by atoms with Crippen molar-refractivity contribution in [1.29, 1.82) is 0 Å². The van der Waals surface area contributed by atoms with Crippen LogP contribution in [0.1, 0.15) is 6.85 Å². The van der Waals surface area contributed by atoms with Crippen LogP contribution < -0.4 is 0 Å². The number of aromatic nitrogens is 4. The van der Waals surface area contributed by atoms with Crippen molar-refractivity contribution in [2.45, 2.75) is 0 Å². The maximum Gasteiger partial charge on any atom is 0.238 e. The minimum Gasteiger partial charge on any atom is -0.456 e.